The number of hydrogen-bond donors (Lipinski definition) is 0. The Morgan fingerprint density at radius 3 is 3.23 bits per heavy atom. The van der Waals surface area contributed by atoms with Gasteiger partial charge in [0.05, 0.1) is 12.2 Å². The van der Waals surface area contributed by atoms with E-state index in [0.29, 0.717) is 0 Å². The number of allylic oxidation sites excluding steroid dienone is 1. The van der Waals surface area contributed by atoms with E-state index < -0.39 is 0 Å². The third-order valence-electron chi connectivity index (χ3n) is 2.64. The largest absolute Gasteiger partial charge is 0.289 e. The lowest BCUT2D eigenvalue weighted by Gasteiger charge is -2.22. The van der Waals surface area contributed by atoms with Crippen LogP contribution in [0.1, 0.15) is 17.7 Å². The maximum Gasteiger partial charge on any atom is 0.0698 e. The van der Waals surface area contributed by atoms with Gasteiger partial charge in [-0.3, -0.25) is 9.98 Å². The third-order valence-corrected chi connectivity index (χ3v) is 2.64. The zero-order valence-electron chi connectivity index (χ0n) is 7.33. The summed E-state index contributed by atoms with van der Waals surface area (Å²) in [7, 11) is 0. The number of aromatic nitrogens is 1. The summed E-state index contributed by atoms with van der Waals surface area (Å²) in [4.78, 5) is 8.88. The molecule has 2 nitrogen and oxygen atoms in total. The molecular weight excluding hydrogens is 160 g/mol. The number of dihydropyridines is 1. The van der Waals surface area contributed by atoms with Crippen molar-refractivity contribution in [3.63, 3.8) is 0 Å². The molecular formula is C11H10N2. The highest BCUT2D eigenvalue weighted by molar-refractivity contribution is 6.00. The van der Waals surface area contributed by atoms with Crippen molar-refractivity contribution in [1.29, 1.82) is 0 Å². The molecule has 2 heterocycles. The Labute approximate surface area is 77.0 Å². The van der Waals surface area contributed by atoms with Crippen LogP contribution < -0.4 is 0 Å². The van der Waals surface area contributed by atoms with Crippen molar-refractivity contribution in [2.24, 2.45) is 4.99 Å². The Kier molecular flexibility index (Phi) is 1.36. The maximum absolute atomic E-state index is 4.46. The summed E-state index contributed by atoms with van der Waals surface area (Å²) in [6, 6.07) is 4.15. The first-order valence-electron chi connectivity index (χ1n) is 4.59. The van der Waals surface area contributed by atoms with Crippen LogP contribution in [0.25, 0.3) is 5.57 Å². The molecule has 0 saturated carbocycles. The Bertz CT molecular complexity index is 416. The maximum atomic E-state index is 4.46. The molecule has 64 valence electrons. The van der Waals surface area contributed by atoms with Crippen LogP contribution in [-0.2, 0) is 6.42 Å². The van der Waals surface area contributed by atoms with E-state index in [1.807, 2.05) is 12.3 Å². The number of pyridine rings is 1. The minimum atomic E-state index is 0.848. The first-order valence-corrected chi connectivity index (χ1v) is 4.59. The van der Waals surface area contributed by atoms with E-state index in [0.717, 1.165) is 19.4 Å². The lowest BCUT2D eigenvalue weighted by atomic mass is 9.88. The molecule has 2 bridgehead atoms. The van der Waals surface area contributed by atoms with Crippen LogP contribution in [0.4, 0.5) is 0 Å². The summed E-state index contributed by atoms with van der Waals surface area (Å²) in [6.07, 6.45) is 6.08. The molecule has 0 fully saturated rings. The van der Waals surface area contributed by atoms with Crippen LogP contribution in [0, 0.1) is 0 Å². The molecule has 3 rings (SSSR count). The summed E-state index contributed by atoms with van der Waals surface area (Å²) in [5, 5.41) is 0. The quantitative estimate of drug-likeness (QED) is 0.583. The first-order chi connectivity index (χ1) is 6.43. The minimum Gasteiger partial charge on any atom is -0.289 e. The molecule has 13 heavy (non-hydrogen) atoms. The molecule has 1 aromatic rings. The fourth-order valence-electron chi connectivity index (χ4n) is 2.02. The molecule has 1 aliphatic carbocycles. The normalized spacial score (nSPS) is 18.8. The molecule has 1 aromatic heterocycles. The summed E-state index contributed by atoms with van der Waals surface area (Å²) in [6.45, 7) is 0.848. The third kappa shape index (κ3) is 1.02. The van der Waals surface area contributed by atoms with Crippen molar-refractivity contribution in [1.82, 2.24) is 4.98 Å². The zero-order valence-corrected chi connectivity index (χ0v) is 7.33. The SMILES string of the molecule is C1=C2CC(=NC1)Cc1cccnc12. The average Bonchev–Trinajstić information content (AvgIpc) is 2.18. The molecule has 0 spiro atoms. The van der Waals surface area contributed by atoms with Gasteiger partial charge in [-0.15, -0.1) is 0 Å². The monoisotopic (exact) mass is 170 g/mol. The second-order valence-corrected chi connectivity index (χ2v) is 3.50. The van der Waals surface area contributed by atoms with Gasteiger partial charge in [0.25, 0.3) is 0 Å². The van der Waals surface area contributed by atoms with E-state index in [-0.39, 0.29) is 0 Å². The highest BCUT2D eigenvalue weighted by atomic mass is 14.8. The van der Waals surface area contributed by atoms with Crippen molar-refractivity contribution < 1.29 is 0 Å². The van der Waals surface area contributed by atoms with E-state index >= 15 is 0 Å². The van der Waals surface area contributed by atoms with Gasteiger partial charge in [0.2, 0.25) is 0 Å². The van der Waals surface area contributed by atoms with Crippen LogP contribution in [0.15, 0.2) is 29.4 Å². The fraction of sp³-hybridized carbons (Fsp3) is 0.273. The van der Waals surface area contributed by atoms with Gasteiger partial charge in [-0.2, -0.15) is 0 Å². The van der Waals surface area contributed by atoms with Gasteiger partial charge in [-0.25, -0.2) is 0 Å². The van der Waals surface area contributed by atoms with Gasteiger partial charge >= 0.3 is 0 Å². The van der Waals surface area contributed by atoms with Gasteiger partial charge in [-0.1, -0.05) is 12.1 Å². The van der Waals surface area contributed by atoms with Gasteiger partial charge in [-0.05, 0) is 17.2 Å². The van der Waals surface area contributed by atoms with Crippen LogP contribution in [0.5, 0.6) is 0 Å². The van der Waals surface area contributed by atoms with E-state index in [1.165, 1.54) is 22.5 Å². The highest BCUT2D eigenvalue weighted by Gasteiger charge is 2.20. The molecule has 0 N–H and O–H groups in total. The van der Waals surface area contributed by atoms with Crippen molar-refractivity contribution >= 4 is 11.3 Å². The number of hydrogen-bond acceptors (Lipinski definition) is 2. The zero-order chi connectivity index (χ0) is 8.67. The predicted octanol–water partition coefficient (Wildman–Crippen LogP) is 1.87. The van der Waals surface area contributed by atoms with E-state index in [2.05, 4.69) is 22.1 Å². The summed E-state index contributed by atoms with van der Waals surface area (Å²) >= 11 is 0. The van der Waals surface area contributed by atoms with Gasteiger partial charge in [0.15, 0.2) is 0 Å². The second kappa shape index (κ2) is 2.52. The van der Waals surface area contributed by atoms with E-state index in [1.54, 1.807) is 0 Å². The summed E-state index contributed by atoms with van der Waals surface area (Å²) in [5.41, 5.74) is 5.21. The predicted molar refractivity (Wildman–Crippen MR) is 52.8 cm³/mol. The van der Waals surface area contributed by atoms with Crippen molar-refractivity contribution in [3.8, 4) is 0 Å². The summed E-state index contributed by atoms with van der Waals surface area (Å²) < 4.78 is 0. The second-order valence-electron chi connectivity index (χ2n) is 3.50. The minimum absolute atomic E-state index is 0.848. The lowest BCUT2D eigenvalue weighted by molar-refractivity contribution is 1.05. The van der Waals surface area contributed by atoms with E-state index in [4.69, 9.17) is 0 Å². The van der Waals surface area contributed by atoms with Gasteiger partial charge in [0, 0.05) is 24.8 Å². The number of nitrogens with zero attached hydrogens (tertiary/aromatic N) is 2. The fourth-order valence-corrected chi connectivity index (χ4v) is 2.02. The van der Waals surface area contributed by atoms with Crippen LogP contribution in [0.3, 0.4) is 0 Å². The smallest absolute Gasteiger partial charge is 0.0698 e. The molecule has 1 aliphatic heterocycles. The molecule has 2 aliphatic rings. The Morgan fingerprint density at radius 1 is 1.23 bits per heavy atom. The Balaban J connectivity index is 2.22. The van der Waals surface area contributed by atoms with Crippen LogP contribution >= 0.6 is 0 Å². The molecule has 0 saturated heterocycles. The Hall–Kier alpha value is -1.44. The van der Waals surface area contributed by atoms with Crippen LogP contribution in [0.2, 0.25) is 0 Å². The summed E-state index contributed by atoms with van der Waals surface area (Å²) in [5.74, 6) is 0. The number of aliphatic imine (C=N–C) groups is 1. The number of fused-ring (bicyclic) bond motifs is 4. The molecule has 0 atom stereocenters. The topological polar surface area (TPSA) is 25.2 Å². The van der Waals surface area contributed by atoms with Crippen molar-refractivity contribution in [2.75, 3.05) is 6.54 Å². The molecule has 2 heteroatoms. The lowest BCUT2D eigenvalue weighted by Crippen LogP contribution is -2.17. The molecule has 0 radical (unpaired) electrons. The van der Waals surface area contributed by atoms with E-state index in [9.17, 15) is 0 Å². The first kappa shape index (κ1) is 7.01. The van der Waals surface area contributed by atoms with Gasteiger partial charge < -0.3 is 0 Å². The Morgan fingerprint density at radius 2 is 2.23 bits per heavy atom. The van der Waals surface area contributed by atoms with Crippen molar-refractivity contribution in [2.45, 2.75) is 12.8 Å². The van der Waals surface area contributed by atoms with Gasteiger partial charge in [0.1, 0.15) is 0 Å². The van der Waals surface area contributed by atoms with Crippen LogP contribution in [-0.4, -0.2) is 17.2 Å². The molecule has 0 aromatic carbocycles. The highest BCUT2D eigenvalue weighted by Crippen LogP contribution is 2.29. The molecule has 0 unspecified atom stereocenters. The van der Waals surface area contributed by atoms with Crippen molar-refractivity contribution in [3.05, 3.63) is 35.7 Å². The molecule has 0 amide bonds. The standard InChI is InChI=1S/C11H10N2/c1-2-8-6-10-7-9(3-5-12-10)11(8)13-4-1/h1-4H,5-7H2. The number of rotatable bonds is 0. The average molecular weight is 170 g/mol.